The van der Waals surface area contributed by atoms with Gasteiger partial charge in [-0.3, -0.25) is 9.59 Å². The zero-order valence-electron chi connectivity index (χ0n) is 18.5. The molecule has 3 aromatic carbocycles. The van der Waals surface area contributed by atoms with Crippen LogP contribution in [0.3, 0.4) is 0 Å². The highest BCUT2D eigenvalue weighted by molar-refractivity contribution is 6.35. The lowest BCUT2D eigenvalue weighted by molar-refractivity contribution is -0.139. The Morgan fingerprint density at radius 2 is 1.62 bits per heavy atom. The van der Waals surface area contributed by atoms with Gasteiger partial charge in [-0.05, 0) is 42.8 Å². The Bertz CT molecular complexity index is 1230. The minimum atomic E-state index is -0.896. The lowest BCUT2D eigenvalue weighted by Crippen LogP contribution is -2.37. The van der Waals surface area contributed by atoms with Crippen molar-refractivity contribution in [2.75, 3.05) is 7.11 Å². The van der Waals surface area contributed by atoms with Gasteiger partial charge in [-0.1, -0.05) is 54.1 Å². The van der Waals surface area contributed by atoms with E-state index in [0.717, 1.165) is 5.56 Å². The molecule has 0 heterocycles. The third-order valence-electron chi connectivity index (χ3n) is 4.71. The van der Waals surface area contributed by atoms with Crippen LogP contribution >= 0.6 is 11.6 Å². The van der Waals surface area contributed by atoms with E-state index in [2.05, 4.69) is 15.8 Å². The van der Waals surface area contributed by atoms with Crippen molar-refractivity contribution in [1.29, 1.82) is 0 Å². The van der Waals surface area contributed by atoms with Crippen LogP contribution in [0.15, 0.2) is 77.9 Å². The molecule has 0 saturated heterocycles. The average molecular weight is 480 g/mol. The first kappa shape index (κ1) is 24.5. The fourth-order valence-electron chi connectivity index (χ4n) is 2.87. The van der Waals surface area contributed by atoms with E-state index < -0.39 is 17.8 Å². The summed E-state index contributed by atoms with van der Waals surface area (Å²) in [6.45, 7) is 1.87. The number of hydrazone groups is 1. The fraction of sp³-hybridized carbons (Fsp3) is 0.120. The first-order valence-electron chi connectivity index (χ1n) is 10.2. The molecule has 8 nitrogen and oxygen atoms in total. The van der Waals surface area contributed by atoms with Crippen LogP contribution in [0.5, 0.6) is 11.5 Å². The molecule has 0 spiro atoms. The van der Waals surface area contributed by atoms with E-state index in [-0.39, 0.29) is 28.6 Å². The first-order chi connectivity index (χ1) is 16.4. The van der Waals surface area contributed by atoms with Crippen molar-refractivity contribution in [3.63, 3.8) is 0 Å². The van der Waals surface area contributed by atoms with Crippen LogP contribution in [0.2, 0.25) is 5.02 Å². The summed E-state index contributed by atoms with van der Waals surface area (Å²) in [7, 11) is 1.43. The predicted molar refractivity (Wildman–Crippen MR) is 128 cm³/mol. The van der Waals surface area contributed by atoms with E-state index in [4.69, 9.17) is 21.1 Å². The Hall–Kier alpha value is -4.17. The van der Waals surface area contributed by atoms with Crippen molar-refractivity contribution in [3.05, 3.63) is 94.5 Å². The zero-order chi connectivity index (χ0) is 24.5. The number of hydrogen-bond donors (Lipinski definition) is 2. The molecule has 0 aliphatic carbocycles. The van der Waals surface area contributed by atoms with Crippen molar-refractivity contribution in [2.45, 2.75) is 13.5 Å². The highest BCUT2D eigenvalue weighted by Crippen LogP contribution is 2.30. The van der Waals surface area contributed by atoms with Gasteiger partial charge in [0.05, 0.1) is 23.4 Å². The number of methoxy groups -OCH3 is 1. The van der Waals surface area contributed by atoms with Gasteiger partial charge in [0.15, 0.2) is 11.5 Å². The van der Waals surface area contributed by atoms with E-state index in [1.54, 1.807) is 43.3 Å². The highest BCUT2D eigenvalue weighted by atomic mass is 35.5. The molecule has 34 heavy (non-hydrogen) atoms. The van der Waals surface area contributed by atoms with Crippen LogP contribution in [0, 0.1) is 0 Å². The number of benzene rings is 3. The number of esters is 1. The van der Waals surface area contributed by atoms with Crippen molar-refractivity contribution in [1.82, 2.24) is 10.7 Å². The van der Waals surface area contributed by atoms with Gasteiger partial charge < -0.3 is 14.8 Å². The number of hydrogen-bond acceptors (Lipinski definition) is 6. The molecule has 0 aromatic heterocycles. The third-order valence-corrected chi connectivity index (χ3v) is 5.03. The van der Waals surface area contributed by atoms with E-state index >= 15 is 0 Å². The number of ether oxygens (including phenoxy) is 2. The lowest BCUT2D eigenvalue weighted by Gasteiger charge is -2.11. The first-order valence-corrected chi connectivity index (χ1v) is 10.6. The summed E-state index contributed by atoms with van der Waals surface area (Å²) in [5.41, 5.74) is 4.31. The van der Waals surface area contributed by atoms with Gasteiger partial charge in [0.2, 0.25) is 0 Å². The van der Waals surface area contributed by atoms with Gasteiger partial charge in [-0.2, -0.15) is 5.10 Å². The van der Waals surface area contributed by atoms with Crippen LogP contribution in [0.1, 0.15) is 28.4 Å². The SMILES string of the molecule is COc1cc(C(C)=NNC(=O)C(=O)NCc2ccccc2)ccc1OC(=O)c1ccccc1Cl. The molecule has 0 aliphatic rings. The summed E-state index contributed by atoms with van der Waals surface area (Å²) in [5.74, 6) is -1.86. The Balaban J connectivity index is 1.63. The van der Waals surface area contributed by atoms with Crippen molar-refractivity contribution in [3.8, 4) is 11.5 Å². The van der Waals surface area contributed by atoms with Gasteiger partial charge in [0.25, 0.3) is 0 Å². The molecule has 0 bridgehead atoms. The van der Waals surface area contributed by atoms with Crippen LogP contribution < -0.4 is 20.2 Å². The average Bonchev–Trinajstić information content (AvgIpc) is 2.86. The molecule has 2 amide bonds. The van der Waals surface area contributed by atoms with Gasteiger partial charge in [-0.25, -0.2) is 10.2 Å². The van der Waals surface area contributed by atoms with Crippen LogP contribution in [0.4, 0.5) is 0 Å². The predicted octanol–water partition coefficient (Wildman–Crippen LogP) is 3.72. The second kappa shape index (κ2) is 11.6. The Morgan fingerprint density at radius 1 is 0.912 bits per heavy atom. The fourth-order valence-corrected chi connectivity index (χ4v) is 3.08. The van der Waals surface area contributed by atoms with Gasteiger partial charge in [-0.15, -0.1) is 0 Å². The zero-order valence-corrected chi connectivity index (χ0v) is 19.3. The quantitative estimate of drug-likeness (QED) is 0.176. The molecule has 0 saturated carbocycles. The molecule has 3 rings (SSSR count). The number of rotatable bonds is 7. The minimum Gasteiger partial charge on any atom is -0.493 e. The monoisotopic (exact) mass is 479 g/mol. The summed E-state index contributed by atoms with van der Waals surface area (Å²) >= 11 is 6.05. The molecule has 0 atom stereocenters. The molecule has 174 valence electrons. The Morgan fingerprint density at radius 3 is 2.32 bits per heavy atom. The smallest absolute Gasteiger partial charge is 0.345 e. The maximum atomic E-state index is 12.4. The van der Waals surface area contributed by atoms with Crippen LogP contribution in [-0.4, -0.2) is 30.6 Å². The van der Waals surface area contributed by atoms with Crippen LogP contribution in [-0.2, 0) is 16.1 Å². The van der Waals surface area contributed by atoms with E-state index in [1.165, 1.54) is 13.2 Å². The summed E-state index contributed by atoms with van der Waals surface area (Å²) in [4.78, 5) is 36.5. The van der Waals surface area contributed by atoms with Gasteiger partial charge >= 0.3 is 17.8 Å². The Labute approximate surface area is 201 Å². The molecule has 2 N–H and O–H groups in total. The van der Waals surface area contributed by atoms with Gasteiger partial charge in [0.1, 0.15) is 0 Å². The molecule has 9 heteroatoms. The Kier molecular flexibility index (Phi) is 8.37. The summed E-state index contributed by atoms with van der Waals surface area (Å²) in [6.07, 6.45) is 0. The number of halogens is 1. The molecular weight excluding hydrogens is 458 g/mol. The maximum absolute atomic E-state index is 12.4. The van der Waals surface area contributed by atoms with Crippen molar-refractivity contribution >= 4 is 35.1 Å². The molecule has 0 fully saturated rings. The number of nitrogens with one attached hydrogen (secondary N) is 2. The molecule has 0 radical (unpaired) electrons. The van der Waals surface area contributed by atoms with E-state index in [0.29, 0.717) is 11.3 Å². The molecular formula is C25H22ClN3O5. The summed E-state index contributed by atoms with van der Waals surface area (Å²) in [5, 5.41) is 6.77. The summed E-state index contributed by atoms with van der Waals surface area (Å²) in [6, 6.07) is 20.5. The maximum Gasteiger partial charge on any atom is 0.345 e. The largest absolute Gasteiger partial charge is 0.493 e. The van der Waals surface area contributed by atoms with Gasteiger partial charge in [0, 0.05) is 12.1 Å². The molecule has 3 aromatic rings. The second-order valence-corrected chi connectivity index (χ2v) is 7.45. The third kappa shape index (κ3) is 6.43. The minimum absolute atomic E-state index is 0.188. The van der Waals surface area contributed by atoms with E-state index in [9.17, 15) is 14.4 Å². The second-order valence-electron chi connectivity index (χ2n) is 7.04. The van der Waals surface area contributed by atoms with E-state index in [1.807, 2.05) is 30.3 Å². The molecule has 0 aliphatic heterocycles. The van der Waals surface area contributed by atoms with Crippen molar-refractivity contribution < 1.29 is 23.9 Å². The topological polar surface area (TPSA) is 106 Å². The highest BCUT2D eigenvalue weighted by Gasteiger charge is 2.16. The molecule has 0 unspecified atom stereocenters. The number of nitrogens with zero attached hydrogens (tertiary/aromatic N) is 1. The number of amides is 2. The standard InChI is InChI=1S/C25H22ClN3O5/c1-16(28-29-24(31)23(30)27-15-17-8-4-3-5-9-17)18-12-13-21(22(14-18)33-2)34-25(32)19-10-6-7-11-20(19)26/h3-14H,15H2,1-2H3,(H,27,30)(H,29,31). The number of carbonyl (C=O) groups is 3. The van der Waals surface area contributed by atoms with Crippen molar-refractivity contribution in [2.24, 2.45) is 5.10 Å². The lowest BCUT2D eigenvalue weighted by atomic mass is 10.1. The summed E-state index contributed by atoms with van der Waals surface area (Å²) < 4.78 is 10.7. The normalized spacial score (nSPS) is 10.9. The number of carbonyl (C=O) groups excluding carboxylic acids is 3. The van der Waals surface area contributed by atoms with Crippen LogP contribution in [0.25, 0.3) is 0 Å².